The first kappa shape index (κ1) is 18.6. The lowest BCUT2D eigenvalue weighted by Gasteiger charge is -2.31. The maximum atomic E-state index is 11.7. The average molecular weight is 382 g/mol. The van der Waals surface area contributed by atoms with Crippen molar-refractivity contribution in [3.63, 3.8) is 0 Å². The lowest BCUT2D eigenvalue weighted by Crippen LogP contribution is -2.50. The van der Waals surface area contributed by atoms with E-state index in [0.717, 1.165) is 30.1 Å². The van der Waals surface area contributed by atoms with Crippen molar-refractivity contribution < 1.29 is 8.42 Å². The van der Waals surface area contributed by atoms with Crippen molar-refractivity contribution in [1.82, 2.24) is 10.6 Å². The molecule has 3 saturated carbocycles. The fraction of sp³-hybridized carbons (Fsp3) is 0.950. The maximum Gasteiger partial charge on any atom is 0.191 e. The van der Waals surface area contributed by atoms with Gasteiger partial charge < -0.3 is 10.6 Å². The Hall–Kier alpha value is -0.780. The summed E-state index contributed by atoms with van der Waals surface area (Å²) in [6.45, 7) is 2.98. The molecule has 4 aliphatic rings. The number of guanidine groups is 1. The molecule has 0 aromatic rings. The zero-order valence-corrected chi connectivity index (χ0v) is 16.9. The van der Waals surface area contributed by atoms with Crippen LogP contribution in [0.5, 0.6) is 0 Å². The number of sulfone groups is 1. The first-order chi connectivity index (χ1) is 12.5. The van der Waals surface area contributed by atoms with Crippen LogP contribution in [0.2, 0.25) is 0 Å². The van der Waals surface area contributed by atoms with E-state index in [9.17, 15) is 8.42 Å². The first-order valence-electron chi connectivity index (χ1n) is 10.7. The van der Waals surface area contributed by atoms with Gasteiger partial charge in [-0.3, -0.25) is 4.99 Å². The number of nitrogens with one attached hydrogen (secondary N) is 2. The third-order valence-corrected chi connectivity index (χ3v) is 9.01. The van der Waals surface area contributed by atoms with Gasteiger partial charge in [-0.1, -0.05) is 26.2 Å². The molecule has 0 radical (unpaired) electrons. The molecule has 0 spiro atoms. The van der Waals surface area contributed by atoms with Crippen LogP contribution < -0.4 is 10.6 Å². The summed E-state index contributed by atoms with van der Waals surface area (Å²) < 4.78 is 23.4. The largest absolute Gasteiger partial charge is 0.354 e. The van der Waals surface area contributed by atoms with Crippen molar-refractivity contribution >= 4 is 15.8 Å². The van der Waals surface area contributed by atoms with Crippen molar-refractivity contribution in [2.45, 2.75) is 76.8 Å². The van der Waals surface area contributed by atoms with E-state index in [-0.39, 0.29) is 5.92 Å². The van der Waals surface area contributed by atoms with E-state index in [2.05, 4.69) is 17.6 Å². The molecule has 0 amide bonds. The molecule has 5 nitrogen and oxygen atoms in total. The Bertz CT molecular complexity index is 633. The standard InChI is InChI=1S/C20H35N3O2S/c1-14-3-2-4-18(9-14)22-20(21-12-16-7-8-26(24,25)13-16)23-19-11-15-5-6-17(19)10-15/h14-19H,2-13H2,1H3,(H2,21,22,23). The van der Waals surface area contributed by atoms with Crippen LogP contribution in [0, 0.1) is 23.7 Å². The molecular weight excluding hydrogens is 346 g/mol. The topological polar surface area (TPSA) is 70.6 Å². The molecule has 4 rings (SSSR count). The average Bonchev–Trinajstić information content (AvgIpc) is 3.28. The highest BCUT2D eigenvalue weighted by Gasteiger charge is 2.40. The van der Waals surface area contributed by atoms with Gasteiger partial charge in [0.1, 0.15) is 0 Å². The van der Waals surface area contributed by atoms with Gasteiger partial charge >= 0.3 is 0 Å². The third kappa shape index (κ3) is 4.55. The second kappa shape index (κ2) is 7.69. The minimum Gasteiger partial charge on any atom is -0.354 e. The molecule has 6 atom stereocenters. The van der Waals surface area contributed by atoms with E-state index < -0.39 is 9.84 Å². The van der Waals surface area contributed by atoms with Crippen LogP contribution in [0.25, 0.3) is 0 Å². The molecule has 1 saturated heterocycles. The maximum absolute atomic E-state index is 11.7. The molecule has 1 heterocycles. The van der Waals surface area contributed by atoms with Gasteiger partial charge in [-0.2, -0.15) is 0 Å². The summed E-state index contributed by atoms with van der Waals surface area (Å²) in [5.41, 5.74) is 0. The fourth-order valence-corrected chi connectivity index (χ4v) is 7.57. The molecule has 4 fully saturated rings. The number of rotatable bonds is 4. The van der Waals surface area contributed by atoms with Crippen LogP contribution in [0.3, 0.4) is 0 Å². The third-order valence-electron chi connectivity index (χ3n) is 7.17. The van der Waals surface area contributed by atoms with E-state index in [1.54, 1.807) is 0 Å². The second-order valence-corrected chi connectivity index (χ2v) is 11.7. The van der Waals surface area contributed by atoms with Crippen molar-refractivity contribution in [3.05, 3.63) is 0 Å². The molecular formula is C20H35N3O2S. The highest BCUT2D eigenvalue weighted by molar-refractivity contribution is 7.91. The second-order valence-electron chi connectivity index (χ2n) is 9.50. The van der Waals surface area contributed by atoms with Gasteiger partial charge in [0.2, 0.25) is 0 Å². The summed E-state index contributed by atoms with van der Waals surface area (Å²) in [4.78, 5) is 4.87. The molecule has 26 heavy (non-hydrogen) atoms. The van der Waals surface area contributed by atoms with Gasteiger partial charge in [-0.15, -0.1) is 0 Å². The number of nitrogens with zero attached hydrogens (tertiary/aromatic N) is 1. The molecule has 148 valence electrons. The summed E-state index contributed by atoms with van der Waals surface area (Å²) in [5, 5.41) is 7.45. The van der Waals surface area contributed by atoms with E-state index >= 15 is 0 Å². The molecule has 6 unspecified atom stereocenters. The van der Waals surface area contributed by atoms with Crippen LogP contribution in [-0.4, -0.2) is 44.5 Å². The monoisotopic (exact) mass is 381 g/mol. The van der Waals surface area contributed by atoms with Crippen LogP contribution in [0.4, 0.5) is 0 Å². The fourth-order valence-electron chi connectivity index (χ4n) is 5.73. The van der Waals surface area contributed by atoms with Gasteiger partial charge in [-0.05, 0) is 62.2 Å². The Morgan fingerprint density at radius 1 is 1.04 bits per heavy atom. The highest BCUT2D eigenvalue weighted by atomic mass is 32.2. The zero-order chi connectivity index (χ0) is 18.1. The van der Waals surface area contributed by atoms with Crippen molar-refractivity contribution in [3.8, 4) is 0 Å². The Morgan fingerprint density at radius 3 is 2.58 bits per heavy atom. The van der Waals surface area contributed by atoms with E-state index in [1.165, 1.54) is 51.4 Å². The van der Waals surface area contributed by atoms with Gasteiger partial charge in [0, 0.05) is 18.6 Å². The van der Waals surface area contributed by atoms with Gasteiger partial charge in [0.05, 0.1) is 11.5 Å². The Balaban J connectivity index is 1.39. The number of hydrogen-bond donors (Lipinski definition) is 2. The normalized spacial score (nSPS) is 42.1. The molecule has 1 aliphatic heterocycles. The number of aliphatic imine (C=N–C) groups is 1. The lowest BCUT2D eigenvalue weighted by atomic mass is 9.87. The Kier molecular flexibility index (Phi) is 5.49. The minimum absolute atomic E-state index is 0.198. The summed E-state index contributed by atoms with van der Waals surface area (Å²) in [6, 6.07) is 1.07. The summed E-state index contributed by atoms with van der Waals surface area (Å²) in [5.74, 6) is 4.31. The predicted octanol–water partition coefficient (Wildman–Crippen LogP) is 2.72. The van der Waals surface area contributed by atoms with Gasteiger partial charge in [0.25, 0.3) is 0 Å². The molecule has 3 aliphatic carbocycles. The number of fused-ring (bicyclic) bond motifs is 2. The van der Waals surface area contributed by atoms with Crippen LogP contribution in [0.1, 0.15) is 64.7 Å². The summed E-state index contributed by atoms with van der Waals surface area (Å²) >= 11 is 0. The molecule has 2 bridgehead atoms. The van der Waals surface area contributed by atoms with Crippen LogP contribution in [-0.2, 0) is 9.84 Å². The summed E-state index contributed by atoms with van der Waals surface area (Å²) in [7, 11) is -2.82. The van der Waals surface area contributed by atoms with Crippen LogP contribution in [0.15, 0.2) is 4.99 Å². The SMILES string of the molecule is CC1CCCC(NC(=NCC2CCS(=O)(=O)C2)NC2CC3CCC2C3)C1. The van der Waals surface area contributed by atoms with Crippen LogP contribution >= 0.6 is 0 Å². The molecule has 0 aromatic heterocycles. The Morgan fingerprint density at radius 2 is 1.92 bits per heavy atom. The summed E-state index contributed by atoms with van der Waals surface area (Å²) in [6.07, 6.45) is 11.3. The van der Waals surface area contributed by atoms with Gasteiger partial charge in [0.15, 0.2) is 15.8 Å². The van der Waals surface area contributed by atoms with E-state index in [1.807, 2.05) is 0 Å². The van der Waals surface area contributed by atoms with Gasteiger partial charge in [-0.25, -0.2) is 8.42 Å². The molecule has 0 aromatic carbocycles. The van der Waals surface area contributed by atoms with E-state index in [0.29, 0.717) is 30.1 Å². The Labute approximate surface area is 158 Å². The smallest absolute Gasteiger partial charge is 0.191 e. The predicted molar refractivity (Wildman–Crippen MR) is 106 cm³/mol. The lowest BCUT2D eigenvalue weighted by molar-refractivity contribution is 0.320. The highest BCUT2D eigenvalue weighted by Crippen LogP contribution is 2.44. The molecule has 6 heteroatoms. The van der Waals surface area contributed by atoms with E-state index in [4.69, 9.17) is 4.99 Å². The van der Waals surface area contributed by atoms with Crippen molar-refractivity contribution in [2.24, 2.45) is 28.7 Å². The zero-order valence-electron chi connectivity index (χ0n) is 16.1. The quantitative estimate of drug-likeness (QED) is 0.580. The van der Waals surface area contributed by atoms with Crippen molar-refractivity contribution in [1.29, 1.82) is 0 Å². The first-order valence-corrected chi connectivity index (χ1v) is 12.6. The molecule has 2 N–H and O–H groups in total. The van der Waals surface area contributed by atoms with Crippen molar-refractivity contribution in [2.75, 3.05) is 18.1 Å². The number of hydrogen-bond acceptors (Lipinski definition) is 3. The minimum atomic E-state index is -2.82.